The van der Waals surface area contributed by atoms with E-state index in [0.717, 1.165) is 40.1 Å². The summed E-state index contributed by atoms with van der Waals surface area (Å²) in [4.78, 5) is 16.5. The molecule has 0 atom stereocenters. The fourth-order valence-corrected chi connectivity index (χ4v) is 2.91. The topological polar surface area (TPSA) is 63.2 Å². The Kier molecular flexibility index (Phi) is 6.63. The van der Waals surface area contributed by atoms with Crippen molar-refractivity contribution in [2.75, 3.05) is 18.5 Å². The highest BCUT2D eigenvalue weighted by molar-refractivity contribution is 5.91. The zero-order valence-electron chi connectivity index (χ0n) is 16.2. The Hall–Kier alpha value is -3.34. The molecule has 0 unspecified atom stereocenters. The maximum absolute atomic E-state index is 12.3. The highest BCUT2D eigenvalue weighted by Gasteiger charge is 2.07. The van der Waals surface area contributed by atoms with Crippen LogP contribution in [0.4, 0.5) is 10.5 Å². The van der Waals surface area contributed by atoms with Gasteiger partial charge in [0.05, 0.1) is 6.61 Å². The van der Waals surface area contributed by atoms with Crippen LogP contribution in [0.1, 0.15) is 18.1 Å². The molecule has 2 aromatic carbocycles. The number of carbonyl (C=O) groups is 1. The summed E-state index contributed by atoms with van der Waals surface area (Å²) in [5.74, 6) is 0.854. The first kappa shape index (κ1) is 19.4. The number of anilines is 1. The van der Waals surface area contributed by atoms with E-state index < -0.39 is 0 Å². The van der Waals surface area contributed by atoms with Crippen LogP contribution in [-0.2, 0) is 6.42 Å². The minimum Gasteiger partial charge on any atom is -0.494 e. The van der Waals surface area contributed by atoms with Crippen molar-refractivity contribution < 1.29 is 9.53 Å². The number of carbonyl (C=O) groups excluding carboxylic acids is 1. The lowest BCUT2D eigenvalue weighted by Crippen LogP contribution is -2.30. The summed E-state index contributed by atoms with van der Waals surface area (Å²) in [6, 6.07) is 17.6. The predicted octanol–water partition coefficient (Wildman–Crippen LogP) is 4.82. The molecule has 0 radical (unpaired) electrons. The monoisotopic (exact) mass is 375 g/mol. The van der Waals surface area contributed by atoms with Gasteiger partial charge >= 0.3 is 6.03 Å². The molecular formula is C23H25N3O2. The van der Waals surface area contributed by atoms with E-state index in [9.17, 15) is 4.79 Å². The van der Waals surface area contributed by atoms with E-state index >= 15 is 0 Å². The predicted molar refractivity (Wildman–Crippen MR) is 113 cm³/mol. The molecule has 5 nitrogen and oxygen atoms in total. The molecule has 0 fully saturated rings. The van der Waals surface area contributed by atoms with Crippen LogP contribution in [0.3, 0.4) is 0 Å². The fourth-order valence-electron chi connectivity index (χ4n) is 2.91. The number of hydrogen-bond acceptors (Lipinski definition) is 3. The SMILES string of the molecule is CCOc1cccc(CCNC(=O)Nc2cc(-c3cccnc3)ccc2C)c1. The molecule has 2 amide bonds. The standard InChI is InChI=1S/C23H25N3O2/c1-3-28-21-8-4-6-18(14-21)11-13-25-23(27)26-22-15-19(10-9-17(22)2)20-7-5-12-24-16-20/h4-10,12,14-16H,3,11,13H2,1-2H3,(H2,25,26,27). The molecule has 0 aliphatic carbocycles. The highest BCUT2D eigenvalue weighted by Crippen LogP contribution is 2.24. The van der Waals surface area contributed by atoms with E-state index in [0.29, 0.717) is 13.2 Å². The molecule has 0 saturated heterocycles. The number of hydrogen-bond donors (Lipinski definition) is 2. The van der Waals surface area contributed by atoms with Crippen LogP contribution in [0.15, 0.2) is 67.0 Å². The molecule has 1 aromatic heterocycles. The van der Waals surface area contributed by atoms with Gasteiger partial charge in [0.15, 0.2) is 0 Å². The first-order valence-electron chi connectivity index (χ1n) is 9.43. The smallest absolute Gasteiger partial charge is 0.319 e. The molecule has 3 rings (SSSR count). The van der Waals surface area contributed by atoms with Crippen LogP contribution in [0.2, 0.25) is 0 Å². The van der Waals surface area contributed by atoms with E-state index in [4.69, 9.17) is 4.74 Å². The number of ether oxygens (including phenoxy) is 1. The number of amides is 2. The van der Waals surface area contributed by atoms with Gasteiger partial charge in [0.1, 0.15) is 5.75 Å². The second kappa shape index (κ2) is 9.55. The first-order valence-corrected chi connectivity index (χ1v) is 9.43. The second-order valence-electron chi connectivity index (χ2n) is 6.48. The van der Waals surface area contributed by atoms with Crippen LogP contribution in [0.5, 0.6) is 5.75 Å². The van der Waals surface area contributed by atoms with Gasteiger partial charge < -0.3 is 15.4 Å². The number of nitrogens with one attached hydrogen (secondary N) is 2. The molecule has 0 saturated carbocycles. The minimum absolute atomic E-state index is 0.215. The average molecular weight is 375 g/mol. The molecule has 2 N–H and O–H groups in total. The summed E-state index contributed by atoms with van der Waals surface area (Å²) in [5, 5.41) is 5.86. The van der Waals surface area contributed by atoms with Crippen molar-refractivity contribution in [2.24, 2.45) is 0 Å². The van der Waals surface area contributed by atoms with E-state index in [1.165, 1.54) is 0 Å². The van der Waals surface area contributed by atoms with Gasteiger partial charge in [-0.3, -0.25) is 4.98 Å². The van der Waals surface area contributed by atoms with Gasteiger partial charge in [-0.25, -0.2) is 4.79 Å². The molecule has 0 aliphatic heterocycles. The Balaban J connectivity index is 1.57. The van der Waals surface area contributed by atoms with Crippen LogP contribution in [-0.4, -0.2) is 24.2 Å². The van der Waals surface area contributed by atoms with Gasteiger partial charge in [-0.1, -0.05) is 30.3 Å². The van der Waals surface area contributed by atoms with Crippen LogP contribution >= 0.6 is 0 Å². The third kappa shape index (κ3) is 5.33. The van der Waals surface area contributed by atoms with Crippen molar-refractivity contribution in [2.45, 2.75) is 20.3 Å². The van der Waals surface area contributed by atoms with Gasteiger partial charge in [-0.2, -0.15) is 0 Å². The van der Waals surface area contributed by atoms with Crippen molar-refractivity contribution in [3.8, 4) is 16.9 Å². The lowest BCUT2D eigenvalue weighted by atomic mass is 10.0. The summed E-state index contributed by atoms with van der Waals surface area (Å²) in [5.41, 5.74) is 4.95. The quantitative estimate of drug-likeness (QED) is 0.622. The second-order valence-corrected chi connectivity index (χ2v) is 6.48. The van der Waals surface area contributed by atoms with Crippen molar-refractivity contribution >= 4 is 11.7 Å². The number of aryl methyl sites for hydroxylation is 1. The molecule has 0 spiro atoms. The van der Waals surface area contributed by atoms with E-state index in [1.54, 1.807) is 6.20 Å². The van der Waals surface area contributed by atoms with Gasteiger partial charge in [0.2, 0.25) is 0 Å². The van der Waals surface area contributed by atoms with Crippen LogP contribution in [0.25, 0.3) is 11.1 Å². The number of aromatic nitrogens is 1. The molecule has 144 valence electrons. The normalized spacial score (nSPS) is 10.4. The molecule has 28 heavy (non-hydrogen) atoms. The number of rotatable bonds is 7. The van der Waals surface area contributed by atoms with Crippen LogP contribution < -0.4 is 15.4 Å². The zero-order chi connectivity index (χ0) is 19.8. The number of nitrogens with zero attached hydrogens (tertiary/aromatic N) is 1. The molecule has 0 aliphatic rings. The summed E-state index contributed by atoms with van der Waals surface area (Å²) in [7, 11) is 0. The van der Waals surface area contributed by atoms with Crippen molar-refractivity contribution in [3.05, 3.63) is 78.1 Å². The Morgan fingerprint density at radius 3 is 2.75 bits per heavy atom. The van der Waals surface area contributed by atoms with Crippen LogP contribution in [0, 0.1) is 6.92 Å². The zero-order valence-corrected chi connectivity index (χ0v) is 16.2. The third-order valence-corrected chi connectivity index (χ3v) is 4.39. The largest absolute Gasteiger partial charge is 0.494 e. The average Bonchev–Trinajstić information content (AvgIpc) is 2.71. The van der Waals surface area contributed by atoms with Crippen molar-refractivity contribution in [1.82, 2.24) is 10.3 Å². The third-order valence-electron chi connectivity index (χ3n) is 4.39. The number of urea groups is 1. The lowest BCUT2D eigenvalue weighted by molar-refractivity contribution is 0.252. The summed E-state index contributed by atoms with van der Waals surface area (Å²) < 4.78 is 5.51. The Labute approximate surface area is 165 Å². The van der Waals surface area contributed by atoms with Gasteiger partial charge in [-0.05, 0) is 61.2 Å². The molecule has 0 bridgehead atoms. The Morgan fingerprint density at radius 2 is 1.96 bits per heavy atom. The van der Waals surface area contributed by atoms with E-state index in [1.807, 2.05) is 74.6 Å². The summed E-state index contributed by atoms with van der Waals surface area (Å²) >= 11 is 0. The Morgan fingerprint density at radius 1 is 1.07 bits per heavy atom. The summed E-state index contributed by atoms with van der Waals surface area (Å²) in [6.07, 6.45) is 4.29. The number of benzene rings is 2. The molecular weight excluding hydrogens is 350 g/mol. The number of pyridine rings is 1. The fraction of sp³-hybridized carbons (Fsp3) is 0.217. The molecule has 1 heterocycles. The van der Waals surface area contributed by atoms with E-state index in [2.05, 4.69) is 15.6 Å². The van der Waals surface area contributed by atoms with Gasteiger partial charge in [-0.15, -0.1) is 0 Å². The van der Waals surface area contributed by atoms with E-state index in [-0.39, 0.29) is 6.03 Å². The highest BCUT2D eigenvalue weighted by atomic mass is 16.5. The van der Waals surface area contributed by atoms with Crippen molar-refractivity contribution in [3.63, 3.8) is 0 Å². The van der Waals surface area contributed by atoms with Gasteiger partial charge in [0.25, 0.3) is 0 Å². The minimum atomic E-state index is -0.215. The maximum Gasteiger partial charge on any atom is 0.319 e. The van der Waals surface area contributed by atoms with Crippen molar-refractivity contribution in [1.29, 1.82) is 0 Å². The first-order chi connectivity index (χ1) is 13.7. The Bertz CT molecular complexity index is 926. The maximum atomic E-state index is 12.3. The molecule has 5 heteroatoms. The van der Waals surface area contributed by atoms with Gasteiger partial charge in [0, 0.05) is 30.2 Å². The molecule has 3 aromatic rings. The lowest BCUT2D eigenvalue weighted by Gasteiger charge is -2.12. The summed E-state index contributed by atoms with van der Waals surface area (Å²) in [6.45, 7) is 5.12.